The van der Waals surface area contributed by atoms with Gasteiger partial charge in [0, 0.05) is 31.7 Å². The highest BCUT2D eigenvalue weighted by atomic mass is 16.2. The molecule has 1 aliphatic heterocycles. The third kappa shape index (κ3) is 6.31. The van der Waals surface area contributed by atoms with Crippen LogP contribution in [0.15, 0.2) is 36.4 Å². The monoisotopic (exact) mass is 422 g/mol. The minimum Gasteiger partial charge on any atom is -0.338 e. The molecule has 0 aliphatic carbocycles. The van der Waals surface area contributed by atoms with Crippen LogP contribution in [-0.2, 0) is 22.7 Å². The van der Waals surface area contributed by atoms with Gasteiger partial charge < -0.3 is 20.9 Å². The molecular formula is C24H30N4O3. The number of carbonyl (C=O) groups is 3. The normalized spacial score (nSPS) is 13.3. The van der Waals surface area contributed by atoms with Gasteiger partial charge in [0.25, 0.3) is 0 Å². The Bertz CT molecular complexity index is 964. The van der Waals surface area contributed by atoms with Crippen molar-refractivity contribution < 1.29 is 14.4 Å². The standard InChI is InChI=1S/C24H30N4O3/c1-16-10-17(2)23(18(3)11-16)27-21(29)14-26-24(31)25-13-19-6-4-7-20(12-19)15-28-9-5-8-22(28)30/h4,6-7,10-12H,5,8-9,13-15H2,1-3H3,(H,27,29)(H2,25,26,31). The molecule has 164 valence electrons. The van der Waals surface area contributed by atoms with Gasteiger partial charge in [-0.2, -0.15) is 0 Å². The number of urea groups is 1. The summed E-state index contributed by atoms with van der Waals surface area (Å²) in [6, 6.07) is 11.4. The Morgan fingerprint density at radius 2 is 1.71 bits per heavy atom. The lowest BCUT2D eigenvalue weighted by Gasteiger charge is -2.16. The number of nitrogens with one attached hydrogen (secondary N) is 3. The first-order valence-electron chi connectivity index (χ1n) is 10.6. The SMILES string of the molecule is Cc1cc(C)c(NC(=O)CNC(=O)NCc2cccc(CN3CCCC3=O)c2)c(C)c1. The topological polar surface area (TPSA) is 90.5 Å². The lowest BCUT2D eigenvalue weighted by molar-refractivity contribution is -0.128. The van der Waals surface area contributed by atoms with Crippen LogP contribution in [0.2, 0.25) is 0 Å². The highest BCUT2D eigenvalue weighted by Crippen LogP contribution is 2.21. The number of aryl methyl sites for hydroxylation is 3. The number of likely N-dealkylation sites (tertiary alicyclic amines) is 1. The lowest BCUT2D eigenvalue weighted by atomic mass is 10.1. The molecule has 2 aromatic rings. The lowest BCUT2D eigenvalue weighted by Crippen LogP contribution is -2.39. The van der Waals surface area contributed by atoms with E-state index in [0.717, 1.165) is 46.5 Å². The number of nitrogens with zero attached hydrogens (tertiary/aromatic N) is 1. The van der Waals surface area contributed by atoms with E-state index in [1.807, 2.05) is 62.1 Å². The fourth-order valence-corrected chi connectivity index (χ4v) is 3.90. The Kier molecular flexibility index (Phi) is 7.28. The molecular weight excluding hydrogens is 392 g/mol. The summed E-state index contributed by atoms with van der Waals surface area (Å²) in [5, 5.41) is 8.22. The summed E-state index contributed by atoms with van der Waals surface area (Å²) in [6.45, 7) is 7.53. The summed E-state index contributed by atoms with van der Waals surface area (Å²) in [5.74, 6) is -0.0836. The van der Waals surface area contributed by atoms with Gasteiger partial charge in [-0.05, 0) is 49.4 Å². The third-order valence-corrected chi connectivity index (χ3v) is 5.34. The minimum absolute atomic E-state index is 0.115. The van der Waals surface area contributed by atoms with Gasteiger partial charge in [0.1, 0.15) is 0 Å². The number of hydrogen-bond acceptors (Lipinski definition) is 3. The summed E-state index contributed by atoms with van der Waals surface area (Å²) in [4.78, 5) is 38.0. The molecule has 1 aliphatic rings. The Hall–Kier alpha value is -3.35. The average Bonchev–Trinajstić information content (AvgIpc) is 3.12. The molecule has 0 unspecified atom stereocenters. The Balaban J connectivity index is 1.44. The number of amides is 4. The van der Waals surface area contributed by atoms with Crippen LogP contribution in [0.3, 0.4) is 0 Å². The smallest absolute Gasteiger partial charge is 0.315 e. The van der Waals surface area contributed by atoms with Crippen LogP contribution in [0.4, 0.5) is 10.5 Å². The molecule has 4 amide bonds. The fraction of sp³-hybridized carbons (Fsp3) is 0.375. The van der Waals surface area contributed by atoms with Crippen LogP contribution < -0.4 is 16.0 Å². The predicted octanol–water partition coefficient (Wildman–Crippen LogP) is 3.17. The van der Waals surface area contributed by atoms with E-state index in [4.69, 9.17) is 0 Å². The number of hydrogen-bond donors (Lipinski definition) is 3. The molecule has 0 radical (unpaired) electrons. The van der Waals surface area contributed by atoms with E-state index < -0.39 is 6.03 Å². The van der Waals surface area contributed by atoms with Crippen LogP contribution in [0.5, 0.6) is 0 Å². The maximum Gasteiger partial charge on any atom is 0.315 e. The quantitative estimate of drug-likeness (QED) is 0.640. The molecule has 0 spiro atoms. The van der Waals surface area contributed by atoms with E-state index in [-0.39, 0.29) is 18.4 Å². The van der Waals surface area contributed by atoms with E-state index in [1.165, 1.54) is 0 Å². The first kappa shape index (κ1) is 22.3. The van der Waals surface area contributed by atoms with Gasteiger partial charge in [-0.1, -0.05) is 42.0 Å². The summed E-state index contributed by atoms with van der Waals surface area (Å²) < 4.78 is 0. The van der Waals surface area contributed by atoms with Crippen molar-refractivity contribution >= 4 is 23.5 Å². The van der Waals surface area contributed by atoms with Crippen molar-refractivity contribution in [1.82, 2.24) is 15.5 Å². The Labute approximate surface area is 183 Å². The van der Waals surface area contributed by atoms with E-state index in [0.29, 0.717) is 19.5 Å². The van der Waals surface area contributed by atoms with Crippen molar-refractivity contribution in [1.29, 1.82) is 0 Å². The van der Waals surface area contributed by atoms with Crippen LogP contribution in [0.1, 0.15) is 40.7 Å². The van der Waals surface area contributed by atoms with Crippen LogP contribution in [0.25, 0.3) is 0 Å². The van der Waals surface area contributed by atoms with Gasteiger partial charge in [-0.3, -0.25) is 9.59 Å². The zero-order chi connectivity index (χ0) is 22.4. The van der Waals surface area contributed by atoms with E-state index >= 15 is 0 Å². The van der Waals surface area contributed by atoms with Crippen LogP contribution in [-0.4, -0.2) is 35.8 Å². The number of carbonyl (C=O) groups excluding carboxylic acids is 3. The highest BCUT2D eigenvalue weighted by molar-refractivity contribution is 5.95. The first-order valence-corrected chi connectivity index (χ1v) is 10.6. The number of rotatable bonds is 7. The van der Waals surface area contributed by atoms with E-state index in [1.54, 1.807) is 0 Å². The molecule has 0 bridgehead atoms. The average molecular weight is 423 g/mol. The molecule has 0 atom stereocenters. The zero-order valence-corrected chi connectivity index (χ0v) is 18.4. The van der Waals surface area contributed by atoms with Gasteiger partial charge >= 0.3 is 6.03 Å². The van der Waals surface area contributed by atoms with Gasteiger partial charge in [-0.25, -0.2) is 4.79 Å². The second-order valence-corrected chi connectivity index (χ2v) is 8.10. The summed E-state index contributed by atoms with van der Waals surface area (Å²) in [7, 11) is 0. The largest absolute Gasteiger partial charge is 0.338 e. The summed E-state index contributed by atoms with van der Waals surface area (Å²) >= 11 is 0. The van der Waals surface area contributed by atoms with Gasteiger partial charge in [0.15, 0.2) is 0 Å². The molecule has 1 fully saturated rings. The van der Waals surface area contributed by atoms with Gasteiger partial charge in [0.2, 0.25) is 11.8 Å². The van der Waals surface area contributed by atoms with Crippen LogP contribution >= 0.6 is 0 Å². The van der Waals surface area contributed by atoms with Crippen molar-refractivity contribution in [2.24, 2.45) is 0 Å². The number of benzene rings is 2. The van der Waals surface area contributed by atoms with E-state index in [9.17, 15) is 14.4 Å². The molecule has 2 aromatic carbocycles. The first-order chi connectivity index (χ1) is 14.8. The molecule has 7 nitrogen and oxygen atoms in total. The molecule has 0 aromatic heterocycles. The molecule has 1 heterocycles. The summed E-state index contributed by atoms with van der Waals surface area (Å²) in [5.41, 5.74) is 5.89. The molecule has 3 N–H and O–H groups in total. The minimum atomic E-state index is -0.410. The van der Waals surface area contributed by atoms with Crippen LogP contribution in [0, 0.1) is 20.8 Å². The maximum atomic E-state index is 12.2. The van der Waals surface area contributed by atoms with Crippen molar-refractivity contribution in [3.8, 4) is 0 Å². The number of anilines is 1. The van der Waals surface area contributed by atoms with Crippen molar-refractivity contribution in [2.45, 2.75) is 46.7 Å². The molecule has 3 rings (SSSR count). The fourth-order valence-electron chi connectivity index (χ4n) is 3.90. The third-order valence-electron chi connectivity index (χ3n) is 5.34. The molecule has 7 heteroatoms. The van der Waals surface area contributed by atoms with Gasteiger partial charge in [0.05, 0.1) is 6.54 Å². The van der Waals surface area contributed by atoms with Crippen molar-refractivity contribution in [2.75, 3.05) is 18.4 Å². The van der Waals surface area contributed by atoms with Crippen molar-refractivity contribution in [3.63, 3.8) is 0 Å². The Morgan fingerprint density at radius 1 is 1.00 bits per heavy atom. The molecule has 1 saturated heterocycles. The molecule has 0 saturated carbocycles. The predicted molar refractivity (Wildman–Crippen MR) is 121 cm³/mol. The zero-order valence-electron chi connectivity index (χ0n) is 18.4. The van der Waals surface area contributed by atoms with Crippen molar-refractivity contribution in [3.05, 3.63) is 64.2 Å². The summed E-state index contributed by atoms with van der Waals surface area (Å²) in [6.07, 6.45) is 1.54. The van der Waals surface area contributed by atoms with E-state index in [2.05, 4.69) is 16.0 Å². The maximum absolute atomic E-state index is 12.2. The second kappa shape index (κ2) is 10.1. The molecule has 31 heavy (non-hydrogen) atoms. The van der Waals surface area contributed by atoms with Gasteiger partial charge in [-0.15, -0.1) is 0 Å². The highest BCUT2D eigenvalue weighted by Gasteiger charge is 2.20. The second-order valence-electron chi connectivity index (χ2n) is 8.10. The Morgan fingerprint density at radius 3 is 2.39 bits per heavy atom.